The van der Waals surface area contributed by atoms with Crippen LogP contribution in [0.25, 0.3) is 0 Å². The van der Waals surface area contributed by atoms with Gasteiger partial charge < -0.3 is 10.1 Å². The van der Waals surface area contributed by atoms with Crippen LogP contribution in [0.2, 0.25) is 0 Å². The summed E-state index contributed by atoms with van der Waals surface area (Å²) in [5, 5.41) is 2.96. The van der Waals surface area contributed by atoms with Gasteiger partial charge in [0, 0.05) is 18.7 Å². The molecule has 0 aliphatic rings. The molecule has 1 aromatic carbocycles. The Labute approximate surface area is 99.3 Å². The minimum Gasteiger partial charge on any atom is -0.487 e. The van der Waals surface area contributed by atoms with Crippen LogP contribution in [0, 0.1) is 5.82 Å². The third kappa shape index (κ3) is 2.93. The summed E-state index contributed by atoms with van der Waals surface area (Å²) >= 11 is 0. The van der Waals surface area contributed by atoms with Gasteiger partial charge in [0.15, 0.2) is 0 Å². The summed E-state index contributed by atoms with van der Waals surface area (Å²) < 4.78 is 18.8. The van der Waals surface area contributed by atoms with Gasteiger partial charge in [0.1, 0.15) is 18.2 Å². The third-order valence-corrected chi connectivity index (χ3v) is 2.35. The predicted molar refractivity (Wildman–Crippen MR) is 64.5 cm³/mol. The average Bonchev–Trinajstić information content (AvgIpc) is 2.38. The lowest BCUT2D eigenvalue weighted by Crippen LogP contribution is -1.99. The minimum atomic E-state index is -0.259. The van der Waals surface area contributed by atoms with Crippen LogP contribution in [-0.4, -0.2) is 12.0 Å². The van der Waals surface area contributed by atoms with Gasteiger partial charge in [-0.1, -0.05) is 18.2 Å². The normalized spacial score (nSPS) is 10.0. The van der Waals surface area contributed by atoms with E-state index in [1.165, 1.54) is 6.07 Å². The lowest BCUT2D eigenvalue weighted by Gasteiger charge is -2.07. The molecule has 0 aliphatic carbocycles. The zero-order valence-corrected chi connectivity index (χ0v) is 9.48. The molecule has 0 amide bonds. The van der Waals surface area contributed by atoms with E-state index in [0.29, 0.717) is 11.3 Å². The molecule has 0 saturated heterocycles. The molecule has 2 rings (SSSR count). The number of halogens is 1. The highest BCUT2D eigenvalue weighted by Gasteiger charge is 2.02. The largest absolute Gasteiger partial charge is 0.487 e. The molecule has 1 heterocycles. The Bertz CT molecular complexity index is 502. The van der Waals surface area contributed by atoms with Crippen molar-refractivity contribution in [3.63, 3.8) is 0 Å². The van der Waals surface area contributed by atoms with Crippen LogP contribution >= 0.6 is 0 Å². The van der Waals surface area contributed by atoms with E-state index < -0.39 is 0 Å². The second kappa shape index (κ2) is 5.30. The molecule has 0 spiro atoms. The Hall–Kier alpha value is -2.10. The van der Waals surface area contributed by atoms with Gasteiger partial charge in [-0.25, -0.2) is 4.39 Å². The van der Waals surface area contributed by atoms with Gasteiger partial charge in [0.05, 0.1) is 18.1 Å². The molecule has 3 nitrogen and oxygen atoms in total. The van der Waals surface area contributed by atoms with Crippen LogP contribution in [0.5, 0.6) is 5.75 Å². The van der Waals surface area contributed by atoms with Crippen LogP contribution in [0.1, 0.15) is 5.56 Å². The van der Waals surface area contributed by atoms with Gasteiger partial charge >= 0.3 is 0 Å². The molecule has 2 aromatic rings. The Morgan fingerprint density at radius 3 is 2.88 bits per heavy atom. The molecule has 0 bridgehead atoms. The molecule has 88 valence electrons. The van der Waals surface area contributed by atoms with Gasteiger partial charge in [0.2, 0.25) is 0 Å². The van der Waals surface area contributed by atoms with Crippen LogP contribution in [0.4, 0.5) is 10.1 Å². The first-order chi connectivity index (χ1) is 8.29. The first-order valence-corrected chi connectivity index (χ1v) is 5.28. The average molecular weight is 232 g/mol. The highest BCUT2D eigenvalue weighted by molar-refractivity contribution is 5.44. The van der Waals surface area contributed by atoms with Crippen molar-refractivity contribution < 1.29 is 9.13 Å². The van der Waals surface area contributed by atoms with Crippen molar-refractivity contribution in [3.05, 3.63) is 54.1 Å². The molecule has 4 heteroatoms. The number of pyridine rings is 1. The maximum atomic E-state index is 13.3. The van der Waals surface area contributed by atoms with Gasteiger partial charge in [-0.2, -0.15) is 0 Å². The molecular weight excluding hydrogens is 219 g/mol. The zero-order valence-electron chi connectivity index (χ0n) is 9.48. The SMILES string of the molecule is CNc1cncc(OCc2ccccc2F)c1. The lowest BCUT2D eigenvalue weighted by atomic mass is 10.2. The topological polar surface area (TPSA) is 34.2 Å². The molecule has 0 radical (unpaired) electrons. The minimum absolute atomic E-state index is 0.196. The summed E-state index contributed by atoms with van der Waals surface area (Å²) in [6.45, 7) is 0.196. The maximum Gasteiger partial charge on any atom is 0.140 e. The van der Waals surface area contributed by atoms with E-state index in [1.807, 2.05) is 6.07 Å². The quantitative estimate of drug-likeness (QED) is 0.880. The summed E-state index contributed by atoms with van der Waals surface area (Å²) in [4.78, 5) is 4.01. The molecule has 0 fully saturated rings. The fourth-order valence-corrected chi connectivity index (χ4v) is 1.41. The fourth-order valence-electron chi connectivity index (χ4n) is 1.41. The zero-order chi connectivity index (χ0) is 12.1. The first-order valence-electron chi connectivity index (χ1n) is 5.28. The number of aromatic nitrogens is 1. The van der Waals surface area contributed by atoms with Crippen molar-refractivity contribution in [2.45, 2.75) is 6.61 Å². The summed E-state index contributed by atoms with van der Waals surface area (Å²) in [7, 11) is 1.80. The Balaban J connectivity index is 2.05. The number of hydrogen-bond acceptors (Lipinski definition) is 3. The van der Waals surface area contributed by atoms with Gasteiger partial charge in [-0.15, -0.1) is 0 Å². The van der Waals surface area contributed by atoms with Crippen molar-refractivity contribution in [1.29, 1.82) is 0 Å². The second-order valence-corrected chi connectivity index (χ2v) is 3.54. The molecule has 0 aliphatic heterocycles. The van der Waals surface area contributed by atoms with E-state index in [1.54, 1.807) is 37.6 Å². The summed E-state index contributed by atoms with van der Waals surface area (Å²) in [5.41, 5.74) is 1.39. The molecule has 1 N–H and O–H groups in total. The monoisotopic (exact) mass is 232 g/mol. The summed E-state index contributed by atoms with van der Waals surface area (Å²) in [5.74, 6) is 0.352. The maximum absolute atomic E-state index is 13.3. The van der Waals surface area contributed by atoms with E-state index >= 15 is 0 Å². The lowest BCUT2D eigenvalue weighted by molar-refractivity contribution is 0.299. The smallest absolute Gasteiger partial charge is 0.140 e. The third-order valence-electron chi connectivity index (χ3n) is 2.35. The highest BCUT2D eigenvalue weighted by atomic mass is 19.1. The van der Waals surface area contributed by atoms with Crippen LogP contribution < -0.4 is 10.1 Å². The molecule has 0 atom stereocenters. The van der Waals surface area contributed by atoms with Crippen LogP contribution in [0.3, 0.4) is 0 Å². The number of nitrogens with one attached hydrogen (secondary N) is 1. The van der Waals surface area contributed by atoms with Crippen molar-refractivity contribution in [2.75, 3.05) is 12.4 Å². The summed E-state index contributed by atoms with van der Waals surface area (Å²) in [6.07, 6.45) is 3.29. The highest BCUT2D eigenvalue weighted by Crippen LogP contribution is 2.17. The van der Waals surface area contributed by atoms with Crippen LogP contribution in [0.15, 0.2) is 42.7 Å². The number of rotatable bonds is 4. The van der Waals surface area contributed by atoms with E-state index in [4.69, 9.17) is 4.74 Å². The number of ether oxygens (including phenoxy) is 1. The van der Waals surface area contributed by atoms with Crippen molar-refractivity contribution in [3.8, 4) is 5.75 Å². The second-order valence-electron chi connectivity index (χ2n) is 3.54. The molecule has 0 unspecified atom stereocenters. The van der Waals surface area contributed by atoms with Crippen molar-refractivity contribution >= 4 is 5.69 Å². The predicted octanol–water partition coefficient (Wildman–Crippen LogP) is 2.84. The molecular formula is C13H13FN2O. The first kappa shape index (κ1) is 11.4. The Kier molecular flexibility index (Phi) is 3.55. The number of benzene rings is 1. The van der Waals surface area contributed by atoms with E-state index in [-0.39, 0.29) is 12.4 Å². The van der Waals surface area contributed by atoms with Gasteiger partial charge in [-0.05, 0) is 6.07 Å². The Morgan fingerprint density at radius 1 is 1.29 bits per heavy atom. The van der Waals surface area contributed by atoms with Crippen molar-refractivity contribution in [1.82, 2.24) is 4.98 Å². The Morgan fingerprint density at radius 2 is 2.12 bits per heavy atom. The van der Waals surface area contributed by atoms with Gasteiger partial charge in [-0.3, -0.25) is 4.98 Å². The molecule has 0 saturated carbocycles. The molecule has 1 aromatic heterocycles. The van der Waals surface area contributed by atoms with Gasteiger partial charge in [0.25, 0.3) is 0 Å². The van der Waals surface area contributed by atoms with Crippen LogP contribution in [-0.2, 0) is 6.61 Å². The standard InChI is InChI=1S/C13H13FN2O/c1-15-11-6-12(8-16-7-11)17-9-10-4-2-3-5-13(10)14/h2-8,15H,9H2,1H3. The van der Waals surface area contributed by atoms with E-state index in [9.17, 15) is 4.39 Å². The number of anilines is 1. The fraction of sp³-hybridized carbons (Fsp3) is 0.154. The number of nitrogens with zero attached hydrogens (tertiary/aromatic N) is 1. The van der Waals surface area contributed by atoms with E-state index in [2.05, 4.69) is 10.3 Å². The van der Waals surface area contributed by atoms with Crippen molar-refractivity contribution in [2.24, 2.45) is 0 Å². The molecule has 17 heavy (non-hydrogen) atoms. The summed E-state index contributed by atoms with van der Waals surface area (Å²) in [6, 6.07) is 8.37. The number of hydrogen-bond donors (Lipinski definition) is 1. The van der Waals surface area contributed by atoms with E-state index in [0.717, 1.165) is 5.69 Å².